The van der Waals surface area contributed by atoms with E-state index in [2.05, 4.69) is 0 Å². The Morgan fingerprint density at radius 2 is 1.87 bits per heavy atom. The predicted molar refractivity (Wildman–Crippen MR) is 88.0 cm³/mol. The molecular weight excluding hydrogens is 296 g/mol. The Morgan fingerprint density at radius 3 is 2.52 bits per heavy atom. The summed E-state index contributed by atoms with van der Waals surface area (Å²) in [4.78, 5) is 22.3. The molecule has 0 saturated carbocycles. The summed E-state index contributed by atoms with van der Waals surface area (Å²) in [6.45, 7) is 4.57. The highest BCUT2D eigenvalue weighted by atomic mass is 16.6. The van der Waals surface area contributed by atoms with E-state index < -0.39 is 4.92 Å². The summed E-state index contributed by atoms with van der Waals surface area (Å²) in [5, 5.41) is 10.9. The van der Waals surface area contributed by atoms with E-state index in [0.717, 1.165) is 12.2 Å². The van der Waals surface area contributed by atoms with Crippen LogP contribution in [0.4, 0.5) is 5.69 Å². The van der Waals surface area contributed by atoms with E-state index >= 15 is 0 Å². The van der Waals surface area contributed by atoms with Gasteiger partial charge < -0.3 is 9.30 Å². The van der Waals surface area contributed by atoms with Crippen LogP contribution in [0.3, 0.4) is 0 Å². The van der Waals surface area contributed by atoms with Gasteiger partial charge >= 0.3 is 0 Å². The standard InChI is InChI=1S/C17H20N2O4/c1-13-5-7-15(8-6-13)23-10-4-3-9-18-12-16(19(21)22)14(2)11-17(18)20/h5-8,11-12H,3-4,9-10H2,1-2H3. The average Bonchev–Trinajstić information content (AvgIpc) is 2.50. The predicted octanol–water partition coefficient (Wildman–Crippen LogP) is 3.23. The maximum atomic E-state index is 11.8. The smallest absolute Gasteiger partial charge is 0.288 e. The molecule has 1 aromatic carbocycles. The molecule has 0 amide bonds. The maximum absolute atomic E-state index is 11.8. The molecule has 1 heterocycles. The zero-order chi connectivity index (χ0) is 16.8. The van der Waals surface area contributed by atoms with E-state index in [4.69, 9.17) is 4.74 Å². The van der Waals surface area contributed by atoms with Crippen LogP contribution in [0.15, 0.2) is 41.3 Å². The molecule has 0 bridgehead atoms. The topological polar surface area (TPSA) is 74.4 Å². The number of aryl methyl sites for hydroxylation is 3. The van der Waals surface area contributed by atoms with Gasteiger partial charge in [-0.3, -0.25) is 14.9 Å². The highest BCUT2D eigenvalue weighted by Gasteiger charge is 2.12. The number of pyridine rings is 1. The van der Waals surface area contributed by atoms with Crippen LogP contribution < -0.4 is 10.3 Å². The number of ether oxygens (including phenoxy) is 1. The van der Waals surface area contributed by atoms with Crippen LogP contribution in [0.25, 0.3) is 0 Å². The number of hydrogen-bond acceptors (Lipinski definition) is 4. The first-order valence-corrected chi connectivity index (χ1v) is 7.52. The third kappa shape index (κ3) is 4.67. The molecule has 6 heteroatoms. The van der Waals surface area contributed by atoms with Crippen LogP contribution in [0.2, 0.25) is 0 Å². The van der Waals surface area contributed by atoms with Crippen molar-refractivity contribution in [2.45, 2.75) is 33.2 Å². The number of benzene rings is 1. The van der Waals surface area contributed by atoms with E-state index in [9.17, 15) is 14.9 Å². The van der Waals surface area contributed by atoms with Gasteiger partial charge in [-0.15, -0.1) is 0 Å². The summed E-state index contributed by atoms with van der Waals surface area (Å²) >= 11 is 0. The summed E-state index contributed by atoms with van der Waals surface area (Å²) in [5.74, 6) is 0.818. The number of aromatic nitrogens is 1. The Balaban J connectivity index is 1.84. The molecule has 0 spiro atoms. The Labute approximate surface area is 134 Å². The third-order valence-corrected chi connectivity index (χ3v) is 3.58. The Kier molecular flexibility index (Phi) is 5.51. The van der Waals surface area contributed by atoms with E-state index in [0.29, 0.717) is 25.1 Å². The second-order valence-electron chi connectivity index (χ2n) is 5.50. The number of hydrogen-bond donors (Lipinski definition) is 0. The van der Waals surface area contributed by atoms with Gasteiger partial charge in [0.05, 0.1) is 17.7 Å². The average molecular weight is 316 g/mol. The molecule has 0 N–H and O–H groups in total. The largest absolute Gasteiger partial charge is 0.494 e. The van der Waals surface area contributed by atoms with Crippen LogP contribution in [0.1, 0.15) is 24.0 Å². The molecule has 0 aliphatic heterocycles. The van der Waals surface area contributed by atoms with Crippen LogP contribution in [0, 0.1) is 24.0 Å². The molecule has 0 atom stereocenters. The minimum atomic E-state index is -0.466. The fraction of sp³-hybridized carbons (Fsp3) is 0.353. The number of nitro groups is 1. The van der Waals surface area contributed by atoms with Gasteiger partial charge in [0.15, 0.2) is 0 Å². The van der Waals surface area contributed by atoms with Crippen molar-refractivity contribution in [2.75, 3.05) is 6.61 Å². The van der Waals surface area contributed by atoms with Gasteiger partial charge in [0.1, 0.15) is 5.75 Å². The van der Waals surface area contributed by atoms with Crippen molar-refractivity contribution < 1.29 is 9.66 Å². The lowest BCUT2D eigenvalue weighted by Gasteiger charge is -2.08. The third-order valence-electron chi connectivity index (χ3n) is 3.58. The normalized spacial score (nSPS) is 10.5. The van der Waals surface area contributed by atoms with Crippen molar-refractivity contribution in [3.8, 4) is 5.75 Å². The molecule has 1 aromatic heterocycles. The van der Waals surface area contributed by atoms with Crippen LogP contribution in [-0.4, -0.2) is 16.1 Å². The molecule has 0 radical (unpaired) electrons. The molecule has 2 rings (SSSR count). The first-order valence-electron chi connectivity index (χ1n) is 7.52. The zero-order valence-corrected chi connectivity index (χ0v) is 13.3. The van der Waals surface area contributed by atoms with Crippen molar-refractivity contribution in [3.63, 3.8) is 0 Å². The van der Waals surface area contributed by atoms with Gasteiger partial charge in [0.25, 0.3) is 11.2 Å². The fourth-order valence-electron chi connectivity index (χ4n) is 2.23. The monoisotopic (exact) mass is 316 g/mol. The van der Waals surface area contributed by atoms with Gasteiger partial charge in [0, 0.05) is 18.2 Å². The van der Waals surface area contributed by atoms with Crippen LogP contribution in [-0.2, 0) is 6.54 Å². The summed E-state index contributed by atoms with van der Waals surface area (Å²) in [6.07, 6.45) is 2.80. The van der Waals surface area contributed by atoms with Gasteiger partial charge in [-0.05, 0) is 38.8 Å². The lowest BCUT2D eigenvalue weighted by atomic mass is 10.2. The van der Waals surface area contributed by atoms with Gasteiger partial charge in [-0.25, -0.2) is 0 Å². The van der Waals surface area contributed by atoms with E-state index in [1.807, 2.05) is 31.2 Å². The first-order chi connectivity index (χ1) is 11.0. The lowest BCUT2D eigenvalue weighted by molar-refractivity contribution is -0.385. The van der Waals surface area contributed by atoms with E-state index in [-0.39, 0.29) is 11.2 Å². The minimum absolute atomic E-state index is 0.0273. The summed E-state index contributed by atoms with van der Waals surface area (Å²) in [5.41, 5.74) is 1.32. The van der Waals surface area contributed by atoms with Crippen molar-refractivity contribution in [1.82, 2.24) is 4.57 Å². The van der Waals surface area contributed by atoms with Crippen LogP contribution >= 0.6 is 0 Å². The second kappa shape index (κ2) is 7.58. The summed E-state index contributed by atoms with van der Waals surface area (Å²) < 4.78 is 7.00. The SMILES string of the molecule is Cc1ccc(OCCCCn2cc([N+](=O)[O-])c(C)cc2=O)cc1. The molecule has 2 aromatic rings. The molecule has 0 saturated heterocycles. The Morgan fingerprint density at radius 1 is 1.17 bits per heavy atom. The summed E-state index contributed by atoms with van der Waals surface area (Å²) in [6, 6.07) is 9.12. The minimum Gasteiger partial charge on any atom is -0.494 e. The maximum Gasteiger partial charge on any atom is 0.288 e. The Hall–Kier alpha value is -2.63. The fourth-order valence-corrected chi connectivity index (χ4v) is 2.23. The first kappa shape index (κ1) is 16.7. The highest BCUT2D eigenvalue weighted by molar-refractivity contribution is 5.35. The zero-order valence-electron chi connectivity index (χ0n) is 13.3. The molecule has 0 aliphatic carbocycles. The molecule has 23 heavy (non-hydrogen) atoms. The quantitative estimate of drug-likeness (QED) is 0.446. The molecule has 0 unspecified atom stereocenters. The van der Waals surface area contributed by atoms with Gasteiger partial charge in [-0.2, -0.15) is 0 Å². The number of rotatable bonds is 7. The molecule has 6 nitrogen and oxygen atoms in total. The van der Waals surface area contributed by atoms with Crippen molar-refractivity contribution in [3.05, 3.63) is 68.1 Å². The Bertz CT molecular complexity index is 735. The lowest BCUT2D eigenvalue weighted by Crippen LogP contribution is -2.20. The van der Waals surface area contributed by atoms with Crippen LogP contribution in [0.5, 0.6) is 5.75 Å². The molecular formula is C17H20N2O4. The summed E-state index contributed by atoms with van der Waals surface area (Å²) in [7, 11) is 0. The number of nitrogens with zero attached hydrogens (tertiary/aromatic N) is 2. The number of unbranched alkanes of at least 4 members (excludes halogenated alkanes) is 1. The molecule has 122 valence electrons. The van der Waals surface area contributed by atoms with Gasteiger partial charge in [-0.1, -0.05) is 17.7 Å². The van der Waals surface area contributed by atoms with E-state index in [1.165, 1.54) is 22.4 Å². The highest BCUT2D eigenvalue weighted by Crippen LogP contribution is 2.15. The van der Waals surface area contributed by atoms with Gasteiger partial charge in [0.2, 0.25) is 0 Å². The second-order valence-corrected chi connectivity index (χ2v) is 5.50. The van der Waals surface area contributed by atoms with Crippen molar-refractivity contribution in [1.29, 1.82) is 0 Å². The van der Waals surface area contributed by atoms with E-state index in [1.54, 1.807) is 6.92 Å². The molecule has 0 aliphatic rings. The van der Waals surface area contributed by atoms with Crippen molar-refractivity contribution in [2.24, 2.45) is 0 Å². The molecule has 0 fully saturated rings. The van der Waals surface area contributed by atoms with Crippen molar-refractivity contribution >= 4 is 5.69 Å².